The van der Waals surface area contributed by atoms with E-state index in [0.717, 1.165) is 37.7 Å². The standard InChI is InChI=1S/C30H29BrN4O5/c1-19-9-5-6-12-23(19)30(39)40-26-16-15-21(31)17-20(26)18-32-35-29(38)28(37)34-25-14-8-7-13-24(25)27(36)33-22-10-3-2-4-11-22/h5-9,12-18,22H,2-4,10-11H2,1H3,(H,33,36)(H,34,37)(H,35,38)/b32-18-. The van der Waals surface area contributed by atoms with E-state index in [4.69, 9.17) is 4.74 Å². The lowest BCUT2D eigenvalue weighted by molar-refractivity contribution is -0.136. The van der Waals surface area contributed by atoms with E-state index in [2.05, 4.69) is 37.1 Å². The highest BCUT2D eigenvalue weighted by molar-refractivity contribution is 9.10. The number of esters is 1. The zero-order valence-electron chi connectivity index (χ0n) is 21.9. The molecule has 1 saturated carbocycles. The van der Waals surface area contributed by atoms with Crippen molar-refractivity contribution in [2.24, 2.45) is 5.10 Å². The number of halogens is 1. The first kappa shape index (κ1) is 28.7. The summed E-state index contributed by atoms with van der Waals surface area (Å²) in [5.74, 6) is -2.65. The number of hydrogen-bond acceptors (Lipinski definition) is 6. The van der Waals surface area contributed by atoms with E-state index in [0.29, 0.717) is 15.6 Å². The normalized spacial score (nSPS) is 13.4. The number of ether oxygens (including phenoxy) is 1. The van der Waals surface area contributed by atoms with Gasteiger partial charge < -0.3 is 15.4 Å². The van der Waals surface area contributed by atoms with Gasteiger partial charge in [0.05, 0.1) is 23.0 Å². The van der Waals surface area contributed by atoms with Crippen LogP contribution in [0.15, 0.2) is 76.3 Å². The molecule has 0 heterocycles. The van der Waals surface area contributed by atoms with Crippen molar-refractivity contribution in [1.29, 1.82) is 0 Å². The van der Waals surface area contributed by atoms with Crippen molar-refractivity contribution in [3.05, 3.63) is 93.5 Å². The lowest BCUT2D eigenvalue weighted by Crippen LogP contribution is -2.37. The number of nitrogens with zero attached hydrogens (tertiary/aromatic N) is 1. The van der Waals surface area contributed by atoms with Crippen molar-refractivity contribution < 1.29 is 23.9 Å². The van der Waals surface area contributed by atoms with Crippen LogP contribution in [0.5, 0.6) is 5.75 Å². The zero-order chi connectivity index (χ0) is 28.5. The van der Waals surface area contributed by atoms with Gasteiger partial charge in [-0.1, -0.05) is 65.5 Å². The highest BCUT2D eigenvalue weighted by Gasteiger charge is 2.21. The van der Waals surface area contributed by atoms with Crippen LogP contribution in [0, 0.1) is 6.92 Å². The maximum absolute atomic E-state index is 12.8. The Labute approximate surface area is 240 Å². The molecule has 0 aromatic heterocycles. The first-order valence-corrected chi connectivity index (χ1v) is 13.7. The van der Waals surface area contributed by atoms with Crippen molar-refractivity contribution in [3.63, 3.8) is 0 Å². The van der Waals surface area contributed by atoms with E-state index >= 15 is 0 Å². The molecule has 40 heavy (non-hydrogen) atoms. The predicted molar refractivity (Wildman–Crippen MR) is 155 cm³/mol. The number of nitrogens with one attached hydrogen (secondary N) is 3. The van der Waals surface area contributed by atoms with Crippen LogP contribution in [0.25, 0.3) is 0 Å². The summed E-state index contributed by atoms with van der Waals surface area (Å²) in [6, 6.07) is 18.6. The Morgan fingerprint density at radius 3 is 2.35 bits per heavy atom. The van der Waals surface area contributed by atoms with Gasteiger partial charge in [0.1, 0.15) is 5.75 Å². The number of amides is 3. The quantitative estimate of drug-likeness (QED) is 0.113. The van der Waals surface area contributed by atoms with Crippen molar-refractivity contribution in [1.82, 2.24) is 10.7 Å². The van der Waals surface area contributed by atoms with Gasteiger partial charge >= 0.3 is 17.8 Å². The van der Waals surface area contributed by atoms with Gasteiger partial charge in [-0.3, -0.25) is 14.4 Å². The number of carbonyl (C=O) groups excluding carboxylic acids is 4. The lowest BCUT2D eigenvalue weighted by atomic mass is 9.95. The molecule has 0 saturated heterocycles. The summed E-state index contributed by atoms with van der Waals surface area (Å²) >= 11 is 3.36. The largest absolute Gasteiger partial charge is 0.422 e. The summed E-state index contributed by atoms with van der Waals surface area (Å²) in [7, 11) is 0. The van der Waals surface area contributed by atoms with Gasteiger partial charge in [0, 0.05) is 16.1 Å². The van der Waals surface area contributed by atoms with E-state index in [1.165, 1.54) is 6.21 Å². The number of rotatable bonds is 7. The van der Waals surface area contributed by atoms with Gasteiger partial charge in [0.2, 0.25) is 0 Å². The Balaban J connectivity index is 1.39. The topological polar surface area (TPSA) is 126 Å². The molecule has 206 valence electrons. The molecule has 3 N–H and O–H groups in total. The van der Waals surface area contributed by atoms with E-state index in [1.807, 2.05) is 19.1 Å². The third-order valence-electron chi connectivity index (χ3n) is 6.48. The van der Waals surface area contributed by atoms with Gasteiger partial charge in [0.15, 0.2) is 0 Å². The average molecular weight is 605 g/mol. The molecule has 9 nitrogen and oxygen atoms in total. The molecule has 4 rings (SSSR count). The van der Waals surface area contributed by atoms with Crippen molar-refractivity contribution in [2.75, 3.05) is 5.32 Å². The first-order valence-electron chi connectivity index (χ1n) is 12.9. The van der Waals surface area contributed by atoms with Gasteiger partial charge in [-0.15, -0.1) is 0 Å². The van der Waals surface area contributed by atoms with E-state index < -0.39 is 17.8 Å². The number of hydrogen-bond donors (Lipinski definition) is 3. The van der Waals surface area contributed by atoms with Crippen LogP contribution in [-0.4, -0.2) is 35.9 Å². The highest BCUT2D eigenvalue weighted by Crippen LogP contribution is 2.24. The predicted octanol–water partition coefficient (Wildman–Crippen LogP) is 5.13. The number of anilines is 1. The number of aryl methyl sites for hydroxylation is 1. The Kier molecular flexibility index (Phi) is 9.80. The molecule has 0 atom stereocenters. The summed E-state index contributed by atoms with van der Waals surface area (Å²) in [5, 5.41) is 9.36. The van der Waals surface area contributed by atoms with Crippen LogP contribution in [0.2, 0.25) is 0 Å². The lowest BCUT2D eigenvalue weighted by Gasteiger charge is -2.23. The fourth-order valence-electron chi connectivity index (χ4n) is 4.36. The van der Waals surface area contributed by atoms with Crippen LogP contribution >= 0.6 is 15.9 Å². The molecule has 0 radical (unpaired) electrons. The van der Waals surface area contributed by atoms with Crippen LogP contribution in [0.1, 0.15) is 63.9 Å². The molecule has 1 aliphatic rings. The van der Waals surface area contributed by atoms with E-state index in [-0.39, 0.29) is 28.9 Å². The molecule has 10 heteroatoms. The molecule has 3 aromatic carbocycles. The smallest absolute Gasteiger partial charge is 0.343 e. The third kappa shape index (κ3) is 7.63. The molecule has 0 unspecified atom stereocenters. The molecular formula is C30H29BrN4O5. The fraction of sp³-hybridized carbons (Fsp3) is 0.233. The minimum atomic E-state index is -1.04. The molecule has 1 fully saturated rings. The number of hydrazone groups is 1. The van der Waals surface area contributed by atoms with Gasteiger partial charge in [0.25, 0.3) is 5.91 Å². The van der Waals surface area contributed by atoms with Crippen molar-refractivity contribution in [2.45, 2.75) is 45.1 Å². The average Bonchev–Trinajstić information content (AvgIpc) is 2.95. The van der Waals surface area contributed by atoms with E-state index in [9.17, 15) is 19.2 Å². The van der Waals surface area contributed by atoms with Crippen molar-refractivity contribution >= 4 is 51.5 Å². The summed E-state index contributed by atoms with van der Waals surface area (Å²) in [4.78, 5) is 50.5. The number of benzene rings is 3. The minimum Gasteiger partial charge on any atom is -0.422 e. The maximum Gasteiger partial charge on any atom is 0.343 e. The van der Waals surface area contributed by atoms with Gasteiger partial charge in [-0.2, -0.15) is 5.10 Å². The molecular weight excluding hydrogens is 576 g/mol. The molecule has 0 aliphatic heterocycles. The molecule has 3 aromatic rings. The summed E-state index contributed by atoms with van der Waals surface area (Å²) in [6.45, 7) is 1.81. The second kappa shape index (κ2) is 13.7. The Morgan fingerprint density at radius 1 is 0.900 bits per heavy atom. The first-order chi connectivity index (χ1) is 19.3. The maximum atomic E-state index is 12.8. The molecule has 3 amide bonds. The van der Waals surface area contributed by atoms with Crippen molar-refractivity contribution in [3.8, 4) is 5.75 Å². The van der Waals surface area contributed by atoms with Gasteiger partial charge in [-0.25, -0.2) is 10.2 Å². The fourth-order valence-corrected chi connectivity index (χ4v) is 4.74. The monoisotopic (exact) mass is 604 g/mol. The van der Waals surface area contributed by atoms with Crippen LogP contribution in [0.4, 0.5) is 5.69 Å². The Hall–Kier alpha value is -4.31. The minimum absolute atomic E-state index is 0.0987. The molecule has 0 spiro atoms. The highest BCUT2D eigenvalue weighted by atomic mass is 79.9. The van der Waals surface area contributed by atoms with E-state index in [1.54, 1.807) is 54.6 Å². The number of para-hydroxylation sites is 1. The van der Waals surface area contributed by atoms with Crippen LogP contribution in [-0.2, 0) is 9.59 Å². The second-order valence-corrected chi connectivity index (χ2v) is 10.3. The molecule has 0 bridgehead atoms. The zero-order valence-corrected chi connectivity index (χ0v) is 23.5. The van der Waals surface area contributed by atoms with Gasteiger partial charge in [-0.05, 0) is 61.7 Å². The molecule has 1 aliphatic carbocycles. The third-order valence-corrected chi connectivity index (χ3v) is 6.97. The van der Waals surface area contributed by atoms with Crippen LogP contribution < -0.4 is 20.8 Å². The Bertz CT molecular complexity index is 1450. The summed E-state index contributed by atoms with van der Waals surface area (Å²) in [6.07, 6.45) is 6.41. The summed E-state index contributed by atoms with van der Waals surface area (Å²) in [5.41, 5.74) is 4.24. The SMILES string of the molecule is Cc1ccccc1C(=O)Oc1ccc(Br)cc1/C=N\NC(=O)C(=O)Nc1ccccc1C(=O)NC1CCCCC1. The van der Waals surface area contributed by atoms with Crippen LogP contribution in [0.3, 0.4) is 0 Å². The number of carbonyl (C=O) groups is 4. The Morgan fingerprint density at radius 2 is 1.60 bits per heavy atom. The second-order valence-electron chi connectivity index (χ2n) is 9.39. The summed E-state index contributed by atoms with van der Waals surface area (Å²) < 4.78 is 6.25.